The maximum Gasteiger partial charge on any atom is 0.386 e. The molecule has 0 bridgehead atoms. The topological polar surface area (TPSA) is 9.23 Å². The van der Waals surface area contributed by atoms with E-state index < -0.39 is 6.18 Å². The fourth-order valence-corrected chi connectivity index (χ4v) is 0.637. The Labute approximate surface area is 95.2 Å². The van der Waals surface area contributed by atoms with Gasteiger partial charge >= 0.3 is 6.18 Å². The van der Waals surface area contributed by atoms with E-state index in [1.54, 1.807) is 14.2 Å². The molecule has 0 aliphatic carbocycles. The summed E-state index contributed by atoms with van der Waals surface area (Å²) in [6, 6.07) is 8.48. The predicted octanol–water partition coefficient (Wildman–Crippen LogP) is 4.13. The van der Waals surface area contributed by atoms with E-state index in [1.165, 1.54) is 11.1 Å². The molecular weight excluding hydrogens is 217 g/mol. The van der Waals surface area contributed by atoms with Gasteiger partial charge in [0.15, 0.2) is 0 Å². The SMILES string of the molecule is CC(F)(F)F.COC.Cc1ccc(C)cc1. The van der Waals surface area contributed by atoms with E-state index in [1.807, 2.05) is 0 Å². The van der Waals surface area contributed by atoms with Gasteiger partial charge in [0.2, 0.25) is 0 Å². The van der Waals surface area contributed by atoms with E-state index in [9.17, 15) is 13.2 Å². The van der Waals surface area contributed by atoms with Gasteiger partial charge in [-0.1, -0.05) is 35.4 Å². The molecule has 1 rings (SSSR count). The van der Waals surface area contributed by atoms with Crippen LogP contribution in [0.3, 0.4) is 0 Å². The highest BCUT2D eigenvalue weighted by molar-refractivity contribution is 5.19. The number of methoxy groups -OCH3 is 1. The van der Waals surface area contributed by atoms with Gasteiger partial charge in [0.1, 0.15) is 0 Å². The van der Waals surface area contributed by atoms with Crippen LogP contribution in [-0.4, -0.2) is 20.4 Å². The van der Waals surface area contributed by atoms with Gasteiger partial charge in [-0.15, -0.1) is 0 Å². The summed E-state index contributed by atoms with van der Waals surface area (Å²) in [4.78, 5) is 0. The summed E-state index contributed by atoms with van der Waals surface area (Å²) >= 11 is 0. The van der Waals surface area contributed by atoms with E-state index in [0.29, 0.717) is 0 Å². The number of halogens is 3. The second-order valence-corrected chi connectivity index (χ2v) is 3.34. The average molecular weight is 236 g/mol. The number of ether oxygens (including phenoxy) is 1. The Morgan fingerprint density at radius 1 is 0.875 bits per heavy atom. The van der Waals surface area contributed by atoms with E-state index in [4.69, 9.17) is 0 Å². The molecule has 4 heteroatoms. The number of benzene rings is 1. The molecule has 1 aromatic carbocycles. The van der Waals surface area contributed by atoms with Gasteiger partial charge in [-0.2, -0.15) is 13.2 Å². The van der Waals surface area contributed by atoms with Gasteiger partial charge in [-0.25, -0.2) is 0 Å². The third kappa shape index (κ3) is 23.1. The summed E-state index contributed by atoms with van der Waals surface area (Å²) in [5.74, 6) is 0. The van der Waals surface area contributed by atoms with Crippen molar-refractivity contribution in [2.75, 3.05) is 14.2 Å². The van der Waals surface area contributed by atoms with Gasteiger partial charge in [-0.05, 0) is 13.8 Å². The molecule has 0 atom stereocenters. The van der Waals surface area contributed by atoms with Crippen LogP contribution in [0.15, 0.2) is 24.3 Å². The maximum absolute atomic E-state index is 10.4. The van der Waals surface area contributed by atoms with Gasteiger partial charge in [0, 0.05) is 21.1 Å². The maximum atomic E-state index is 10.4. The number of rotatable bonds is 0. The van der Waals surface area contributed by atoms with Crippen LogP contribution in [0.1, 0.15) is 18.1 Å². The minimum absolute atomic E-state index is 0.188. The fraction of sp³-hybridized carbons (Fsp3) is 0.500. The summed E-state index contributed by atoms with van der Waals surface area (Å²) in [7, 11) is 3.25. The van der Waals surface area contributed by atoms with Crippen molar-refractivity contribution in [2.24, 2.45) is 0 Å². The zero-order valence-corrected chi connectivity index (χ0v) is 10.4. The Bertz CT molecular complexity index is 225. The van der Waals surface area contributed by atoms with Crippen LogP contribution in [0.5, 0.6) is 0 Å². The lowest BCUT2D eigenvalue weighted by molar-refractivity contribution is -0.110. The molecule has 0 aromatic heterocycles. The third-order valence-electron chi connectivity index (χ3n) is 1.22. The molecule has 0 saturated heterocycles. The van der Waals surface area contributed by atoms with Gasteiger partial charge in [-0.3, -0.25) is 0 Å². The second-order valence-electron chi connectivity index (χ2n) is 3.34. The zero-order chi connectivity index (χ0) is 13.2. The summed E-state index contributed by atoms with van der Waals surface area (Å²) in [6.45, 7) is 4.38. The molecule has 1 aromatic rings. The van der Waals surface area contributed by atoms with Crippen LogP contribution < -0.4 is 0 Å². The first kappa shape index (κ1) is 17.4. The molecule has 16 heavy (non-hydrogen) atoms. The molecule has 0 radical (unpaired) electrons. The third-order valence-corrected chi connectivity index (χ3v) is 1.22. The molecule has 0 fully saturated rings. The molecule has 0 amide bonds. The fourth-order valence-electron chi connectivity index (χ4n) is 0.637. The van der Waals surface area contributed by atoms with Crippen LogP contribution in [0.2, 0.25) is 0 Å². The highest BCUT2D eigenvalue weighted by Crippen LogP contribution is 2.10. The van der Waals surface area contributed by atoms with Gasteiger partial charge in [0.25, 0.3) is 0 Å². The van der Waals surface area contributed by atoms with Gasteiger partial charge in [0.05, 0.1) is 0 Å². The number of alkyl halides is 3. The molecule has 0 saturated carbocycles. The minimum atomic E-state index is -4.00. The molecule has 0 unspecified atom stereocenters. The van der Waals surface area contributed by atoms with Crippen molar-refractivity contribution in [3.05, 3.63) is 35.4 Å². The lowest BCUT2D eigenvalue weighted by atomic mass is 10.2. The van der Waals surface area contributed by atoms with Crippen molar-refractivity contribution in [1.29, 1.82) is 0 Å². The largest absolute Gasteiger partial charge is 0.388 e. The molecule has 0 heterocycles. The summed E-state index contributed by atoms with van der Waals surface area (Å²) in [5, 5.41) is 0. The van der Waals surface area contributed by atoms with Crippen molar-refractivity contribution in [3.63, 3.8) is 0 Å². The molecule has 0 aliphatic heterocycles. The van der Waals surface area contributed by atoms with Crippen LogP contribution in [-0.2, 0) is 4.74 Å². The summed E-state index contributed by atoms with van der Waals surface area (Å²) in [6.07, 6.45) is -4.00. The Morgan fingerprint density at radius 2 is 1.00 bits per heavy atom. The van der Waals surface area contributed by atoms with Crippen LogP contribution in [0, 0.1) is 13.8 Å². The quantitative estimate of drug-likeness (QED) is 0.658. The van der Waals surface area contributed by atoms with Gasteiger partial charge < -0.3 is 4.74 Å². The Hall–Kier alpha value is -1.03. The standard InChI is InChI=1S/C8H10.C2H3F3.C2H6O/c1-7-3-5-8(2)6-4-7;1-2(3,4)5;1-3-2/h3-6H,1-2H3;1H3;1-2H3. The smallest absolute Gasteiger partial charge is 0.386 e. The predicted molar refractivity (Wildman–Crippen MR) is 60.6 cm³/mol. The van der Waals surface area contributed by atoms with Crippen molar-refractivity contribution < 1.29 is 17.9 Å². The van der Waals surface area contributed by atoms with Crippen LogP contribution in [0.25, 0.3) is 0 Å². The van der Waals surface area contributed by atoms with Crippen molar-refractivity contribution in [3.8, 4) is 0 Å². The lowest BCUT2D eigenvalue weighted by Crippen LogP contribution is -1.95. The molecule has 94 valence electrons. The second kappa shape index (κ2) is 9.21. The Morgan fingerprint density at radius 3 is 1.12 bits per heavy atom. The summed E-state index contributed by atoms with van der Waals surface area (Å²) in [5.41, 5.74) is 2.66. The number of hydrogen-bond acceptors (Lipinski definition) is 1. The molecular formula is C12H19F3O. The van der Waals surface area contributed by atoms with Crippen molar-refractivity contribution in [2.45, 2.75) is 26.9 Å². The highest BCUT2D eigenvalue weighted by Gasteiger charge is 2.15. The Kier molecular flexibility index (Phi) is 10.0. The monoisotopic (exact) mass is 236 g/mol. The minimum Gasteiger partial charge on any atom is -0.388 e. The van der Waals surface area contributed by atoms with E-state index >= 15 is 0 Å². The van der Waals surface area contributed by atoms with E-state index in [-0.39, 0.29) is 6.92 Å². The first-order chi connectivity index (χ1) is 7.20. The van der Waals surface area contributed by atoms with Crippen LogP contribution >= 0.6 is 0 Å². The summed E-state index contributed by atoms with van der Waals surface area (Å²) < 4.78 is 35.3. The van der Waals surface area contributed by atoms with Crippen molar-refractivity contribution in [1.82, 2.24) is 0 Å². The Balaban J connectivity index is 0. The molecule has 1 nitrogen and oxygen atoms in total. The molecule has 0 N–H and O–H groups in total. The first-order valence-electron chi connectivity index (χ1n) is 4.70. The first-order valence-corrected chi connectivity index (χ1v) is 4.70. The van der Waals surface area contributed by atoms with Crippen molar-refractivity contribution >= 4 is 0 Å². The molecule has 0 aliphatic rings. The normalized spacial score (nSPS) is 9.50. The van der Waals surface area contributed by atoms with Crippen LogP contribution in [0.4, 0.5) is 13.2 Å². The average Bonchev–Trinajstić information content (AvgIpc) is 2.09. The highest BCUT2D eigenvalue weighted by atomic mass is 19.4. The molecule has 0 spiro atoms. The van der Waals surface area contributed by atoms with E-state index in [2.05, 4.69) is 42.8 Å². The lowest BCUT2D eigenvalue weighted by Gasteiger charge is -1.90. The number of aryl methyl sites for hydroxylation is 2. The van der Waals surface area contributed by atoms with E-state index in [0.717, 1.165) is 0 Å². The zero-order valence-electron chi connectivity index (χ0n) is 10.4. The number of hydrogen-bond donors (Lipinski definition) is 0.